The summed E-state index contributed by atoms with van der Waals surface area (Å²) in [7, 11) is 0. The van der Waals surface area contributed by atoms with E-state index in [-0.39, 0.29) is 6.04 Å². The summed E-state index contributed by atoms with van der Waals surface area (Å²) in [6.07, 6.45) is 5.76. The SMILES string of the molecule is CC(N)Cc1cn2c3c(cccc13)CCC2. The second-order valence-corrected chi connectivity index (χ2v) is 4.95. The molecule has 0 aliphatic carbocycles. The molecular weight excluding hydrogens is 196 g/mol. The molecule has 3 rings (SSSR count). The molecule has 1 aromatic carbocycles. The van der Waals surface area contributed by atoms with Crippen molar-refractivity contribution >= 4 is 10.9 Å². The highest BCUT2D eigenvalue weighted by atomic mass is 15.0. The van der Waals surface area contributed by atoms with E-state index in [2.05, 4.69) is 35.9 Å². The maximum absolute atomic E-state index is 5.91. The molecule has 2 aromatic rings. The zero-order chi connectivity index (χ0) is 11.1. The lowest BCUT2D eigenvalue weighted by molar-refractivity contribution is 0.632. The average Bonchev–Trinajstić information content (AvgIpc) is 2.59. The molecule has 0 spiro atoms. The van der Waals surface area contributed by atoms with Crippen LogP contribution < -0.4 is 5.73 Å². The van der Waals surface area contributed by atoms with E-state index in [1.807, 2.05) is 0 Å². The van der Waals surface area contributed by atoms with Gasteiger partial charge in [0.05, 0.1) is 5.52 Å². The van der Waals surface area contributed by atoms with Gasteiger partial charge in [0.25, 0.3) is 0 Å². The Morgan fingerprint density at radius 1 is 1.44 bits per heavy atom. The van der Waals surface area contributed by atoms with E-state index in [0.717, 1.165) is 13.0 Å². The Kier molecular flexibility index (Phi) is 2.25. The van der Waals surface area contributed by atoms with E-state index >= 15 is 0 Å². The molecule has 2 heteroatoms. The van der Waals surface area contributed by atoms with Gasteiger partial charge >= 0.3 is 0 Å². The highest BCUT2D eigenvalue weighted by Gasteiger charge is 2.15. The standard InChI is InChI=1S/C14H18N2/c1-10(15)8-12-9-16-7-3-5-11-4-2-6-13(12)14(11)16/h2,4,6,9-10H,3,5,7-8,15H2,1H3. The quantitative estimate of drug-likeness (QED) is 0.818. The Morgan fingerprint density at radius 2 is 2.31 bits per heavy atom. The number of hydrogen-bond donors (Lipinski definition) is 1. The van der Waals surface area contributed by atoms with Gasteiger partial charge < -0.3 is 10.3 Å². The summed E-state index contributed by atoms with van der Waals surface area (Å²) in [6, 6.07) is 6.91. The average molecular weight is 214 g/mol. The monoisotopic (exact) mass is 214 g/mol. The third-order valence-electron chi connectivity index (χ3n) is 3.45. The molecule has 2 N–H and O–H groups in total. The van der Waals surface area contributed by atoms with Crippen molar-refractivity contribution in [1.82, 2.24) is 4.57 Å². The summed E-state index contributed by atoms with van der Waals surface area (Å²) < 4.78 is 2.41. The lowest BCUT2D eigenvalue weighted by Crippen LogP contribution is -2.17. The van der Waals surface area contributed by atoms with Gasteiger partial charge in [0.2, 0.25) is 0 Å². The van der Waals surface area contributed by atoms with Gasteiger partial charge in [0.1, 0.15) is 0 Å². The van der Waals surface area contributed by atoms with E-state index in [0.29, 0.717) is 0 Å². The predicted octanol–water partition coefficient (Wildman–Crippen LogP) is 2.48. The van der Waals surface area contributed by atoms with Crippen LogP contribution in [0, 0.1) is 0 Å². The van der Waals surface area contributed by atoms with Gasteiger partial charge in [0.15, 0.2) is 0 Å². The second kappa shape index (κ2) is 3.63. The van der Waals surface area contributed by atoms with E-state index < -0.39 is 0 Å². The number of benzene rings is 1. The van der Waals surface area contributed by atoms with Crippen molar-refractivity contribution in [3.8, 4) is 0 Å². The van der Waals surface area contributed by atoms with Crippen LogP contribution in [-0.4, -0.2) is 10.6 Å². The van der Waals surface area contributed by atoms with Gasteiger partial charge in [-0.2, -0.15) is 0 Å². The van der Waals surface area contributed by atoms with Crippen LogP contribution in [0.3, 0.4) is 0 Å². The first-order valence-electron chi connectivity index (χ1n) is 6.11. The van der Waals surface area contributed by atoms with Crippen LogP contribution in [0.2, 0.25) is 0 Å². The maximum atomic E-state index is 5.91. The minimum atomic E-state index is 0.239. The molecule has 16 heavy (non-hydrogen) atoms. The van der Waals surface area contributed by atoms with Crippen LogP contribution in [0.1, 0.15) is 24.5 Å². The molecule has 1 aromatic heterocycles. The summed E-state index contributed by atoms with van der Waals surface area (Å²) in [4.78, 5) is 0. The lowest BCUT2D eigenvalue weighted by Gasteiger charge is -2.14. The van der Waals surface area contributed by atoms with Gasteiger partial charge in [-0.25, -0.2) is 0 Å². The number of hydrogen-bond acceptors (Lipinski definition) is 1. The molecule has 0 radical (unpaired) electrons. The third kappa shape index (κ3) is 1.45. The number of aryl methyl sites for hydroxylation is 2. The maximum Gasteiger partial charge on any atom is 0.0515 e. The highest BCUT2D eigenvalue weighted by molar-refractivity contribution is 5.87. The number of nitrogens with two attached hydrogens (primary N) is 1. The molecule has 0 fully saturated rings. The first kappa shape index (κ1) is 9.91. The third-order valence-corrected chi connectivity index (χ3v) is 3.45. The van der Waals surface area contributed by atoms with Crippen LogP contribution in [-0.2, 0) is 19.4 Å². The summed E-state index contributed by atoms with van der Waals surface area (Å²) >= 11 is 0. The van der Waals surface area contributed by atoms with Gasteiger partial charge in [-0.3, -0.25) is 0 Å². The summed E-state index contributed by atoms with van der Waals surface area (Å²) in [5, 5.41) is 1.41. The van der Waals surface area contributed by atoms with Crippen molar-refractivity contribution in [3.63, 3.8) is 0 Å². The van der Waals surface area contributed by atoms with Crippen molar-refractivity contribution in [3.05, 3.63) is 35.5 Å². The van der Waals surface area contributed by atoms with Crippen molar-refractivity contribution < 1.29 is 0 Å². The smallest absolute Gasteiger partial charge is 0.0515 e. The van der Waals surface area contributed by atoms with Crippen molar-refractivity contribution in [2.45, 2.75) is 38.8 Å². The molecule has 2 nitrogen and oxygen atoms in total. The topological polar surface area (TPSA) is 30.9 Å². The number of para-hydroxylation sites is 1. The highest BCUT2D eigenvalue weighted by Crippen LogP contribution is 2.29. The van der Waals surface area contributed by atoms with Gasteiger partial charge in [-0.15, -0.1) is 0 Å². The summed E-state index contributed by atoms with van der Waals surface area (Å²) in [6.45, 7) is 3.24. The predicted molar refractivity (Wildman–Crippen MR) is 67.6 cm³/mol. The normalized spacial score (nSPS) is 16.6. The fourth-order valence-corrected chi connectivity index (χ4v) is 2.84. The molecule has 0 saturated carbocycles. The molecular formula is C14H18N2. The van der Waals surface area contributed by atoms with Gasteiger partial charge in [-0.1, -0.05) is 18.2 Å². The zero-order valence-corrected chi connectivity index (χ0v) is 9.74. The van der Waals surface area contributed by atoms with Crippen LogP contribution in [0.5, 0.6) is 0 Å². The molecule has 2 heterocycles. The summed E-state index contributed by atoms with van der Waals surface area (Å²) in [5.74, 6) is 0. The minimum Gasteiger partial charge on any atom is -0.347 e. The van der Waals surface area contributed by atoms with E-state index in [9.17, 15) is 0 Å². The van der Waals surface area contributed by atoms with E-state index in [1.165, 1.54) is 34.9 Å². The Hall–Kier alpha value is -1.28. The van der Waals surface area contributed by atoms with E-state index in [1.54, 1.807) is 0 Å². The molecule has 1 aliphatic rings. The molecule has 1 atom stereocenters. The molecule has 0 saturated heterocycles. The molecule has 0 bridgehead atoms. The number of rotatable bonds is 2. The van der Waals surface area contributed by atoms with Crippen molar-refractivity contribution in [1.29, 1.82) is 0 Å². The number of aromatic nitrogens is 1. The fourth-order valence-electron chi connectivity index (χ4n) is 2.84. The number of nitrogens with zero attached hydrogens (tertiary/aromatic N) is 1. The zero-order valence-electron chi connectivity index (χ0n) is 9.74. The largest absolute Gasteiger partial charge is 0.347 e. The fraction of sp³-hybridized carbons (Fsp3) is 0.429. The first-order chi connectivity index (χ1) is 7.75. The lowest BCUT2D eigenvalue weighted by atomic mass is 10.0. The Morgan fingerprint density at radius 3 is 3.12 bits per heavy atom. The second-order valence-electron chi connectivity index (χ2n) is 4.95. The van der Waals surface area contributed by atoms with E-state index in [4.69, 9.17) is 5.73 Å². The van der Waals surface area contributed by atoms with Crippen LogP contribution in [0.15, 0.2) is 24.4 Å². The molecule has 84 valence electrons. The molecule has 1 unspecified atom stereocenters. The van der Waals surface area contributed by atoms with Crippen LogP contribution in [0.4, 0.5) is 0 Å². The minimum absolute atomic E-state index is 0.239. The van der Waals surface area contributed by atoms with Crippen molar-refractivity contribution in [2.24, 2.45) is 5.73 Å². The van der Waals surface area contributed by atoms with Gasteiger partial charge in [0, 0.05) is 24.2 Å². The van der Waals surface area contributed by atoms with Crippen LogP contribution in [0.25, 0.3) is 10.9 Å². The first-order valence-corrected chi connectivity index (χ1v) is 6.11. The Labute approximate surface area is 96.1 Å². The van der Waals surface area contributed by atoms with Gasteiger partial charge in [-0.05, 0) is 37.3 Å². The molecule has 1 aliphatic heterocycles. The summed E-state index contributed by atoms with van der Waals surface area (Å²) in [5.41, 5.74) is 10.3. The van der Waals surface area contributed by atoms with Crippen molar-refractivity contribution in [2.75, 3.05) is 0 Å². The molecule has 0 amide bonds. The Bertz CT molecular complexity index is 523. The Balaban J connectivity index is 2.22. The van der Waals surface area contributed by atoms with Crippen LogP contribution >= 0.6 is 0 Å².